The van der Waals surface area contributed by atoms with Crippen molar-refractivity contribution in [2.45, 2.75) is 12.8 Å². The van der Waals surface area contributed by atoms with Gasteiger partial charge in [0.05, 0.1) is 21.3 Å². The molecule has 0 atom stereocenters. The van der Waals surface area contributed by atoms with Gasteiger partial charge in [-0.05, 0) is 12.8 Å². The van der Waals surface area contributed by atoms with Crippen LogP contribution in [0.15, 0.2) is 6.07 Å². The summed E-state index contributed by atoms with van der Waals surface area (Å²) in [6.07, 6.45) is 0.808. The average Bonchev–Trinajstić information content (AvgIpc) is 2.36. The van der Waals surface area contributed by atoms with Crippen LogP contribution in [0, 0.1) is 5.82 Å². The predicted octanol–water partition coefficient (Wildman–Crippen LogP) is 1.78. The van der Waals surface area contributed by atoms with Crippen LogP contribution in [0.4, 0.5) is 4.39 Å². The van der Waals surface area contributed by atoms with Gasteiger partial charge in [0.2, 0.25) is 0 Å². The van der Waals surface area contributed by atoms with Crippen LogP contribution in [0.2, 0.25) is 0 Å². The number of ether oxygens (including phenoxy) is 3. The summed E-state index contributed by atoms with van der Waals surface area (Å²) in [5.74, 6) is 0.395. The Morgan fingerprint density at radius 2 is 1.76 bits per heavy atom. The van der Waals surface area contributed by atoms with Gasteiger partial charge >= 0.3 is 0 Å². The zero-order valence-corrected chi connectivity index (χ0v) is 10.2. The summed E-state index contributed by atoms with van der Waals surface area (Å²) in [5.41, 5.74) is 0.359. The van der Waals surface area contributed by atoms with Crippen LogP contribution in [0.1, 0.15) is 12.0 Å². The maximum Gasteiger partial charge on any atom is 0.172 e. The highest BCUT2D eigenvalue weighted by Gasteiger charge is 2.19. The molecule has 0 unspecified atom stereocenters. The predicted molar refractivity (Wildman–Crippen MR) is 61.5 cm³/mol. The Hall–Kier alpha value is -1.49. The molecule has 0 aliphatic heterocycles. The molecule has 17 heavy (non-hydrogen) atoms. The molecule has 0 saturated carbocycles. The van der Waals surface area contributed by atoms with Crippen molar-refractivity contribution in [2.24, 2.45) is 0 Å². The molecular weight excluding hydrogens is 227 g/mol. The second-order valence-corrected chi connectivity index (χ2v) is 3.43. The van der Waals surface area contributed by atoms with E-state index in [1.807, 2.05) is 0 Å². The summed E-state index contributed by atoms with van der Waals surface area (Å²) in [4.78, 5) is 0. The van der Waals surface area contributed by atoms with Crippen LogP contribution in [0.3, 0.4) is 0 Å². The summed E-state index contributed by atoms with van der Waals surface area (Å²) in [6, 6.07) is 1.44. The molecule has 0 aliphatic rings. The molecule has 0 bridgehead atoms. The second-order valence-electron chi connectivity index (χ2n) is 3.43. The molecule has 5 heteroatoms. The fraction of sp³-hybridized carbons (Fsp3) is 0.500. The number of hydrogen-bond acceptors (Lipinski definition) is 4. The van der Waals surface area contributed by atoms with Crippen molar-refractivity contribution in [2.75, 3.05) is 27.9 Å². The molecule has 1 aromatic carbocycles. The average molecular weight is 244 g/mol. The number of rotatable bonds is 6. The maximum absolute atomic E-state index is 14.0. The molecule has 0 fully saturated rings. The standard InChI is InChI=1S/C12H17FO4/c1-15-9-7-10(16-2)12(17-3)8(11(9)13)5-4-6-14/h7,14H,4-6H2,1-3H3. The van der Waals surface area contributed by atoms with Crippen molar-refractivity contribution < 1.29 is 23.7 Å². The first-order valence-corrected chi connectivity index (χ1v) is 5.27. The Morgan fingerprint density at radius 3 is 2.24 bits per heavy atom. The van der Waals surface area contributed by atoms with Crippen molar-refractivity contribution in [1.82, 2.24) is 0 Å². The monoisotopic (exact) mass is 244 g/mol. The van der Waals surface area contributed by atoms with Crippen LogP contribution < -0.4 is 14.2 Å². The van der Waals surface area contributed by atoms with E-state index in [0.29, 0.717) is 29.9 Å². The van der Waals surface area contributed by atoms with Gasteiger partial charge in [0, 0.05) is 18.2 Å². The van der Waals surface area contributed by atoms with Gasteiger partial charge in [-0.1, -0.05) is 0 Å². The number of methoxy groups -OCH3 is 3. The van der Waals surface area contributed by atoms with Crippen LogP contribution in [0.25, 0.3) is 0 Å². The minimum absolute atomic E-state index is 0.0118. The fourth-order valence-electron chi connectivity index (χ4n) is 1.65. The number of aliphatic hydroxyl groups is 1. The summed E-state index contributed by atoms with van der Waals surface area (Å²) < 4.78 is 29.2. The van der Waals surface area contributed by atoms with E-state index < -0.39 is 5.82 Å². The largest absolute Gasteiger partial charge is 0.494 e. The van der Waals surface area contributed by atoms with Gasteiger partial charge in [0.15, 0.2) is 23.1 Å². The Balaban J connectivity index is 3.28. The Labute approximate surface area is 99.9 Å². The highest BCUT2D eigenvalue weighted by molar-refractivity contribution is 5.53. The molecule has 1 rings (SSSR count). The van der Waals surface area contributed by atoms with E-state index in [9.17, 15) is 4.39 Å². The lowest BCUT2D eigenvalue weighted by Crippen LogP contribution is -2.03. The summed E-state index contributed by atoms with van der Waals surface area (Å²) in [5, 5.41) is 8.81. The Kier molecular flexibility index (Phi) is 5.03. The van der Waals surface area contributed by atoms with E-state index in [4.69, 9.17) is 19.3 Å². The number of hydrogen-bond donors (Lipinski definition) is 1. The molecule has 0 aromatic heterocycles. The van der Waals surface area contributed by atoms with Crippen LogP contribution in [0.5, 0.6) is 17.2 Å². The number of halogens is 1. The minimum atomic E-state index is -0.474. The van der Waals surface area contributed by atoms with E-state index in [-0.39, 0.29) is 12.4 Å². The molecule has 96 valence electrons. The quantitative estimate of drug-likeness (QED) is 0.828. The van der Waals surface area contributed by atoms with E-state index in [1.165, 1.54) is 27.4 Å². The first-order valence-electron chi connectivity index (χ1n) is 5.27. The zero-order valence-electron chi connectivity index (χ0n) is 10.2. The lowest BCUT2D eigenvalue weighted by Gasteiger charge is -2.15. The SMILES string of the molecule is COc1cc(OC)c(OC)c(CCCO)c1F. The lowest BCUT2D eigenvalue weighted by molar-refractivity contribution is 0.285. The van der Waals surface area contributed by atoms with Crippen molar-refractivity contribution in [3.63, 3.8) is 0 Å². The number of aliphatic hydroxyl groups excluding tert-OH is 1. The van der Waals surface area contributed by atoms with Gasteiger partial charge in [0.1, 0.15) is 0 Å². The van der Waals surface area contributed by atoms with Gasteiger partial charge in [-0.25, -0.2) is 4.39 Å². The maximum atomic E-state index is 14.0. The third-order valence-corrected chi connectivity index (χ3v) is 2.47. The molecule has 0 radical (unpaired) electrons. The molecule has 0 amide bonds. The normalized spacial score (nSPS) is 10.2. The molecule has 1 aromatic rings. The number of benzene rings is 1. The van der Waals surface area contributed by atoms with Crippen molar-refractivity contribution >= 4 is 0 Å². The highest BCUT2D eigenvalue weighted by atomic mass is 19.1. The van der Waals surface area contributed by atoms with Gasteiger partial charge in [0.25, 0.3) is 0 Å². The van der Waals surface area contributed by atoms with Gasteiger partial charge < -0.3 is 19.3 Å². The molecule has 0 aliphatic carbocycles. The first-order chi connectivity index (χ1) is 8.19. The summed E-state index contributed by atoms with van der Waals surface area (Å²) in [6.45, 7) is -0.0118. The van der Waals surface area contributed by atoms with Gasteiger partial charge in [-0.15, -0.1) is 0 Å². The third-order valence-electron chi connectivity index (χ3n) is 2.47. The molecule has 4 nitrogen and oxygen atoms in total. The Morgan fingerprint density at radius 1 is 1.12 bits per heavy atom. The minimum Gasteiger partial charge on any atom is -0.494 e. The topological polar surface area (TPSA) is 47.9 Å². The Bertz CT molecular complexity index is 379. The molecular formula is C12H17FO4. The van der Waals surface area contributed by atoms with E-state index in [2.05, 4.69) is 0 Å². The first kappa shape index (κ1) is 13.6. The third kappa shape index (κ3) is 2.79. The van der Waals surface area contributed by atoms with Crippen LogP contribution in [-0.2, 0) is 6.42 Å². The van der Waals surface area contributed by atoms with Crippen molar-refractivity contribution in [3.05, 3.63) is 17.4 Å². The molecule has 0 spiro atoms. The van der Waals surface area contributed by atoms with E-state index >= 15 is 0 Å². The van der Waals surface area contributed by atoms with Gasteiger partial charge in [-0.2, -0.15) is 0 Å². The van der Waals surface area contributed by atoms with Crippen molar-refractivity contribution in [1.29, 1.82) is 0 Å². The smallest absolute Gasteiger partial charge is 0.172 e. The fourth-order valence-corrected chi connectivity index (χ4v) is 1.65. The molecule has 0 saturated heterocycles. The molecule has 1 N–H and O–H groups in total. The summed E-state index contributed by atoms with van der Waals surface area (Å²) >= 11 is 0. The second kappa shape index (κ2) is 6.30. The highest BCUT2D eigenvalue weighted by Crippen LogP contribution is 2.38. The lowest BCUT2D eigenvalue weighted by atomic mass is 10.1. The van der Waals surface area contributed by atoms with Gasteiger partial charge in [-0.3, -0.25) is 0 Å². The molecule has 0 heterocycles. The van der Waals surface area contributed by atoms with Crippen LogP contribution >= 0.6 is 0 Å². The van der Waals surface area contributed by atoms with E-state index in [0.717, 1.165) is 0 Å². The summed E-state index contributed by atoms with van der Waals surface area (Å²) in [7, 11) is 4.32. The zero-order chi connectivity index (χ0) is 12.8. The van der Waals surface area contributed by atoms with Crippen molar-refractivity contribution in [3.8, 4) is 17.2 Å². The van der Waals surface area contributed by atoms with E-state index in [1.54, 1.807) is 0 Å². The van der Waals surface area contributed by atoms with Crippen LogP contribution in [-0.4, -0.2) is 33.0 Å².